The van der Waals surface area contributed by atoms with Gasteiger partial charge in [0, 0.05) is 5.66 Å². The minimum Gasteiger partial charge on any atom is -0.0806 e. The molecule has 0 fully saturated rings. The van der Waals surface area contributed by atoms with Crippen LogP contribution in [0.5, 0.6) is 0 Å². The third-order valence-electron chi connectivity index (χ3n) is 4.22. The zero-order valence-electron chi connectivity index (χ0n) is 13.6. The Morgan fingerprint density at radius 3 is 1.68 bits per heavy atom. The molecule has 0 spiro atoms. The van der Waals surface area contributed by atoms with Crippen molar-refractivity contribution in [1.82, 2.24) is 0 Å². The van der Waals surface area contributed by atoms with Gasteiger partial charge in [-0.25, -0.2) is 0 Å². The number of benzene rings is 2. The third-order valence-corrected chi connectivity index (χ3v) is 6.97. The van der Waals surface area contributed by atoms with Crippen molar-refractivity contribution in [3.8, 4) is 0 Å². The molecule has 0 aromatic heterocycles. The van der Waals surface area contributed by atoms with Crippen molar-refractivity contribution in [1.29, 1.82) is 0 Å². The molecule has 112 valence electrons. The number of allylic oxidation sites excluding steroid dienone is 4. The number of aryl methyl sites for hydroxylation is 2. The Labute approximate surface area is 135 Å². The van der Waals surface area contributed by atoms with E-state index in [-0.39, 0.29) is 7.92 Å². The lowest BCUT2D eigenvalue weighted by atomic mass is 10.1. The molecule has 1 unspecified atom stereocenters. The maximum absolute atomic E-state index is 2.42. The van der Waals surface area contributed by atoms with E-state index in [4.69, 9.17) is 0 Å². The molecule has 1 heteroatoms. The van der Waals surface area contributed by atoms with Crippen LogP contribution in [0.3, 0.4) is 0 Å². The van der Waals surface area contributed by atoms with Gasteiger partial charge in [-0.05, 0) is 45.7 Å². The summed E-state index contributed by atoms with van der Waals surface area (Å²) in [6.07, 6.45) is 8.23. The third kappa shape index (κ3) is 3.39. The van der Waals surface area contributed by atoms with Crippen molar-refractivity contribution < 1.29 is 0 Å². The fourth-order valence-corrected chi connectivity index (χ4v) is 5.43. The highest BCUT2D eigenvalue weighted by Gasteiger charge is 2.23. The van der Waals surface area contributed by atoms with Crippen molar-refractivity contribution in [3.05, 3.63) is 83.5 Å². The lowest BCUT2D eigenvalue weighted by molar-refractivity contribution is 1.03. The average Bonchev–Trinajstić information content (AvgIpc) is 2.53. The Hall–Kier alpha value is -1.65. The van der Waals surface area contributed by atoms with E-state index >= 15 is 0 Å². The van der Waals surface area contributed by atoms with Crippen molar-refractivity contribution >= 4 is 18.5 Å². The summed E-state index contributed by atoms with van der Waals surface area (Å²) in [7, 11) is -0.344. The molecule has 0 heterocycles. The standard InChI is InChI=1S/C21H23P/c1-16-4-10-19(11-5-16)22(20-12-6-17(2)7-13-20)21-14-8-18(3)9-15-21/h4-14,21H,15H2,1-3H3. The van der Waals surface area contributed by atoms with Crippen LogP contribution in [-0.2, 0) is 0 Å². The Morgan fingerprint density at radius 1 is 0.773 bits per heavy atom. The van der Waals surface area contributed by atoms with Gasteiger partial charge in [0.2, 0.25) is 0 Å². The Kier molecular flexibility index (Phi) is 4.60. The first kappa shape index (κ1) is 15.3. The van der Waals surface area contributed by atoms with Crippen LogP contribution >= 0.6 is 7.92 Å². The SMILES string of the molecule is CC1=CCC(P(c2ccc(C)cc2)c2ccc(C)cc2)C=C1. The maximum atomic E-state index is 2.42. The topological polar surface area (TPSA) is 0 Å². The van der Waals surface area contributed by atoms with E-state index in [9.17, 15) is 0 Å². The summed E-state index contributed by atoms with van der Waals surface area (Å²) in [4.78, 5) is 0. The van der Waals surface area contributed by atoms with E-state index in [2.05, 4.69) is 87.5 Å². The Morgan fingerprint density at radius 2 is 1.27 bits per heavy atom. The largest absolute Gasteiger partial charge is 0.0806 e. The fraction of sp³-hybridized carbons (Fsp3) is 0.238. The zero-order valence-corrected chi connectivity index (χ0v) is 14.5. The predicted octanol–water partition coefficient (Wildman–Crippen LogP) is 5.01. The van der Waals surface area contributed by atoms with Gasteiger partial charge >= 0.3 is 0 Å². The molecule has 22 heavy (non-hydrogen) atoms. The van der Waals surface area contributed by atoms with Crippen LogP contribution in [0, 0.1) is 13.8 Å². The number of hydrogen-bond acceptors (Lipinski definition) is 0. The second-order valence-corrected chi connectivity index (χ2v) is 8.59. The van der Waals surface area contributed by atoms with Crippen LogP contribution in [0.25, 0.3) is 0 Å². The van der Waals surface area contributed by atoms with Crippen molar-refractivity contribution in [3.63, 3.8) is 0 Å². The first-order chi connectivity index (χ1) is 10.6. The molecule has 0 nitrogen and oxygen atoms in total. The summed E-state index contributed by atoms with van der Waals surface area (Å²) in [6, 6.07) is 18.2. The molecule has 0 radical (unpaired) electrons. The Balaban J connectivity index is 2.00. The summed E-state index contributed by atoms with van der Waals surface area (Å²) in [5.41, 5.74) is 4.65. The van der Waals surface area contributed by atoms with Crippen LogP contribution < -0.4 is 10.6 Å². The molecule has 1 aliphatic rings. The summed E-state index contributed by atoms with van der Waals surface area (Å²) < 4.78 is 0. The molecule has 1 atom stereocenters. The monoisotopic (exact) mass is 306 g/mol. The van der Waals surface area contributed by atoms with E-state index in [1.807, 2.05) is 0 Å². The smallest absolute Gasteiger partial charge is 0.00885 e. The predicted molar refractivity (Wildman–Crippen MR) is 99.8 cm³/mol. The van der Waals surface area contributed by atoms with Gasteiger partial charge in [0.05, 0.1) is 0 Å². The average molecular weight is 306 g/mol. The fourth-order valence-electron chi connectivity index (χ4n) is 2.85. The zero-order chi connectivity index (χ0) is 15.5. The van der Waals surface area contributed by atoms with E-state index in [1.54, 1.807) is 0 Å². The number of hydrogen-bond donors (Lipinski definition) is 0. The van der Waals surface area contributed by atoms with Crippen LogP contribution in [0.1, 0.15) is 24.5 Å². The summed E-state index contributed by atoms with van der Waals surface area (Å²) in [6.45, 7) is 6.50. The highest BCUT2D eigenvalue weighted by molar-refractivity contribution is 7.73. The van der Waals surface area contributed by atoms with E-state index < -0.39 is 0 Å². The van der Waals surface area contributed by atoms with Crippen LogP contribution in [-0.4, -0.2) is 5.66 Å². The second kappa shape index (κ2) is 6.63. The van der Waals surface area contributed by atoms with E-state index in [0.717, 1.165) is 6.42 Å². The lowest BCUT2D eigenvalue weighted by Gasteiger charge is -2.27. The van der Waals surface area contributed by atoms with Crippen molar-refractivity contribution in [2.24, 2.45) is 0 Å². The van der Waals surface area contributed by atoms with E-state index in [0.29, 0.717) is 5.66 Å². The molecule has 0 amide bonds. The summed E-state index contributed by atoms with van der Waals surface area (Å²) in [5, 5.41) is 2.96. The minimum absolute atomic E-state index is 0.344. The van der Waals surface area contributed by atoms with Gasteiger partial charge in [-0.3, -0.25) is 0 Å². The lowest BCUT2D eigenvalue weighted by Crippen LogP contribution is -2.21. The van der Waals surface area contributed by atoms with Gasteiger partial charge in [-0.15, -0.1) is 0 Å². The molecular weight excluding hydrogens is 283 g/mol. The highest BCUT2D eigenvalue weighted by Crippen LogP contribution is 2.43. The van der Waals surface area contributed by atoms with Gasteiger partial charge in [0.15, 0.2) is 0 Å². The van der Waals surface area contributed by atoms with Gasteiger partial charge in [0.1, 0.15) is 0 Å². The summed E-state index contributed by atoms with van der Waals surface area (Å²) in [5.74, 6) is 0. The van der Waals surface area contributed by atoms with Crippen LogP contribution in [0.2, 0.25) is 0 Å². The maximum Gasteiger partial charge on any atom is 0.00885 e. The molecule has 3 rings (SSSR count). The van der Waals surface area contributed by atoms with Crippen molar-refractivity contribution in [2.45, 2.75) is 32.9 Å². The highest BCUT2D eigenvalue weighted by atomic mass is 31.1. The molecule has 0 N–H and O–H groups in total. The molecule has 2 aromatic carbocycles. The quantitative estimate of drug-likeness (QED) is 0.699. The van der Waals surface area contributed by atoms with Crippen LogP contribution in [0.4, 0.5) is 0 Å². The normalized spacial score (nSPS) is 17.6. The molecule has 0 saturated heterocycles. The Bertz CT molecular complexity index is 644. The van der Waals surface area contributed by atoms with Gasteiger partial charge in [-0.1, -0.05) is 83.5 Å². The first-order valence-corrected chi connectivity index (χ1v) is 9.32. The molecular formula is C21H23P. The molecule has 1 aliphatic carbocycles. The van der Waals surface area contributed by atoms with Gasteiger partial charge < -0.3 is 0 Å². The van der Waals surface area contributed by atoms with Crippen molar-refractivity contribution in [2.75, 3.05) is 0 Å². The second-order valence-electron chi connectivity index (χ2n) is 6.15. The molecule has 0 bridgehead atoms. The summed E-state index contributed by atoms with van der Waals surface area (Å²) >= 11 is 0. The minimum atomic E-state index is -0.344. The van der Waals surface area contributed by atoms with E-state index in [1.165, 1.54) is 27.3 Å². The van der Waals surface area contributed by atoms with Crippen LogP contribution in [0.15, 0.2) is 72.3 Å². The molecule has 0 saturated carbocycles. The first-order valence-electron chi connectivity index (χ1n) is 7.91. The molecule has 2 aromatic rings. The number of rotatable bonds is 3. The molecule has 0 aliphatic heterocycles. The van der Waals surface area contributed by atoms with Gasteiger partial charge in [-0.2, -0.15) is 0 Å². The van der Waals surface area contributed by atoms with Gasteiger partial charge in [0.25, 0.3) is 0 Å².